The van der Waals surface area contributed by atoms with Crippen LogP contribution in [0.4, 0.5) is 0 Å². The fraction of sp³-hybridized carbons (Fsp3) is 0.0455. The summed E-state index contributed by atoms with van der Waals surface area (Å²) in [6.45, 7) is 0. The van der Waals surface area contributed by atoms with Crippen molar-refractivity contribution in [3.63, 3.8) is 0 Å². The number of esters is 1. The molecule has 30 heavy (non-hydrogen) atoms. The molecule has 1 aliphatic rings. The first-order valence-corrected chi connectivity index (χ1v) is 9.06. The highest BCUT2D eigenvalue weighted by atomic mass is 16.5. The standard InChI is InChI=1S/C22H18N6O2/c1-30-22(29)18-7-6-14(11-26-18)19-9-20(24)28-21(27-19)16(10-23)15-8-13-4-2-3-5-17(13)25-12-15/h2-12,23,28H,24H2,1H3/b21-16+,23-10?. The van der Waals surface area contributed by atoms with E-state index in [1.165, 1.54) is 19.5 Å². The van der Waals surface area contributed by atoms with E-state index in [9.17, 15) is 4.79 Å². The molecule has 0 fully saturated rings. The van der Waals surface area contributed by atoms with Crippen molar-refractivity contribution in [1.82, 2.24) is 15.3 Å². The highest BCUT2D eigenvalue weighted by Crippen LogP contribution is 2.23. The third kappa shape index (κ3) is 3.66. The monoisotopic (exact) mass is 398 g/mol. The first-order valence-electron chi connectivity index (χ1n) is 9.06. The minimum atomic E-state index is -0.515. The summed E-state index contributed by atoms with van der Waals surface area (Å²) in [6, 6.07) is 13.0. The molecule has 0 radical (unpaired) electrons. The molecule has 4 N–H and O–H groups in total. The number of rotatable bonds is 4. The molecule has 0 bridgehead atoms. The molecule has 2 aromatic heterocycles. The van der Waals surface area contributed by atoms with Gasteiger partial charge in [-0.2, -0.15) is 0 Å². The smallest absolute Gasteiger partial charge is 0.356 e. The van der Waals surface area contributed by atoms with Crippen molar-refractivity contribution in [3.05, 3.63) is 89.4 Å². The van der Waals surface area contributed by atoms with Crippen LogP contribution in [0.5, 0.6) is 0 Å². The molecule has 0 atom stereocenters. The van der Waals surface area contributed by atoms with Gasteiger partial charge >= 0.3 is 5.97 Å². The van der Waals surface area contributed by atoms with Gasteiger partial charge in [0.1, 0.15) is 17.3 Å². The van der Waals surface area contributed by atoms with E-state index >= 15 is 0 Å². The van der Waals surface area contributed by atoms with Gasteiger partial charge in [0.2, 0.25) is 0 Å². The van der Waals surface area contributed by atoms with Crippen LogP contribution in [0.15, 0.2) is 77.6 Å². The number of aliphatic imine (C=N–C) groups is 1. The number of methoxy groups -OCH3 is 1. The molecule has 0 aliphatic carbocycles. The maximum absolute atomic E-state index is 11.6. The van der Waals surface area contributed by atoms with Gasteiger partial charge in [0.15, 0.2) is 0 Å². The van der Waals surface area contributed by atoms with Crippen LogP contribution in [-0.4, -0.2) is 35.0 Å². The van der Waals surface area contributed by atoms with Crippen molar-refractivity contribution in [3.8, 4) is 0 Å². The molecule has 0 saturated heterocycles. The number of nitrogens with one attached hydrogen (secondary N) is 2. The second-order valence-corrected chi connectivity index (χ2v) is 6.47. The number of nitrogens with two attached hydrogens (primary N) is 1. The number of benzene rings is 1. The Labute approximate surface area is 172 Å². The van der Waals surface area contributed by atoms with E-state index in [2.05, 4.69) is 25.0 Å². The second kappa shape index (κ2) is 7.96. The van der Waals surface area contributed by atoms with Crippen LogP contribution in [0.1, 0.15) is 21.6 Å². The van der Waals surface area contributed by atoms with E-state index in [4.69, 9.17) is 11.1 Å². The van der Waals surface area contributed by atoms with Crippen molar-refractivity contribution < 1.29 is 9.53 Å². The number of carbonyl (C=O) groups excluding carboxylic acids is 1. The molecule has 148 valence electrons. The van der Waals surface area contributed by atoms with Gasteiger partial charge in [-0.15, -0.1) is 0 Å². The van der Waals surface area contributed by atoms with Gasteiger partial charge in [-0.05, 0) is 24.3 Å². The van der Waals surface area contributed by atoms with Crippen molar-refractivity contribution >= 4 is 34.4 Å². The largest absolute Gasteiger partial charge is 0.464 e. The number of carbonyl (C=O) groups is 1. The number of hydrogen-bond acceptors (Lipinski definition) is 8. The Kier molecular flexibility index (Phi) is 5.04. The number of pyridine rings is 2. The summed E-state index contributed by atoms with van der Waals surface area (Å²) in [5.74, 6) is 0.286. The summed E-state index contributed by atoms with van der Waals surface area (Å²) in [4.78, 5) is 24.8. The lowest BCUT2D eigenvalue weighted by atomic mass is 10.1. The molecule has 0 amide bonds. The molecule has 0 unspecified atom stereocenters. The van der Waals surface area contributed by atoms with Crippen molar-refractivity contribution in [2.45, 2.75) is 0 Å². The van der Waals surface area contributed by atoms with E-state index in [0.717, 1.165) is 16.5 Å². The van der Waals surface area contributed by atoms with Crippen molar-refractivity contribution in [2.24, 2.45) is 10.7 Å². The Morgan fingerprint density at radius 1 is 1.17 bits per heavy atom. The van der Waals surface area contributed by atoms with E-state index < -0.39 is 5.97 Å². The summed E-state index contributed by atoms with van der Waals surface area (Å²) >= 11 is 0. The van der Waals surface area contributed by atoms with Crippen LogP contribution in [-0.2, 0) is 4.74 Å². The Bertz CT molecular complexity index is 1240. The van der Waals surface area contributed by atoms with E-state index in [0.29, 0.717) is 28.5 Å². The highest BCUT2D eigenvalue weighted by Gasteiger charge is 2.16. The Morgan fingerprint density at radius 3 is 2.73 bits per heavy atom. The van der Waals surface area contributed by atoms with E-state index in [-0.39, 0.29) is 5.69 Å². The fourth-order valence-electron chi connectivity index (χ4n) is 3.05. The predicted octanol–water partition coefficient (Wildman–Crippen LogP) is 2.63. The number of nitrogens with zero attached hydrogens (tertiary/aromatic N) is 3. The molecular weight excluding hydrogens is 380 g/mol. The summed E-state index contributed by atoms with van der Waals surface area (Å²) in [7, 11) is 1.30. The molecule has 8 heteroatoms. The van der Waals surface area contributed by atoms with Crippen molar-refractivity contribution in [1.29, 1.82) is 5.41 Å². The van der Waals surface area contributed by atoms with Crippen LogP contribution in [0.2, 0.25) is 0 Å². The molecular formula is C22H18N6O2. The van der Waals surface area contributed by atoms with Gasteiger partial charge in [-0.25, -0.2) is 14.8 Å². The topological polar surface area (TPSA) is 126 Å². The van der Waals surface area contributed by atoms with E-state index in [1.807, 2.05) is 30.3 Å². The molecule has 0 spiro atoms. The average Bonchev–Trinajstić information content (AvgIpc) is 2.78. The Morgan fingerprint density at radius 2 is 2.00 bits per heavy atom. The fourth-order valence-corrected chi connectivity index (χ4v) is 3.05. The zero-order valence-corrected chi connectivity index (χ0v) is 16.1. The van der Waals surface area contributed by atoms with Gasteiger partial charge in [-0.3, -0.25) is 4.98 Å². The van der Waals surface area contributed by atoms with Gasteiger partial charge in [0.05, 0.1) is 18.3 Å². The minimum Gasteiger partial charge on any atom is -0.464 e. The molecule has 4 rings (SSSR count). The van der Waals surface area contributed by atoms with Gasteiger partial charge in [0, 0.05) is 46.8 Å². The number of ether oxygens (including phenoxy) is 1. The number of allylic oxidation sites excluding steroid dienone is 2. The van der Waals surface area contributed by atoms with Crippen LogP contribution in [0.25, 0.3) is 16.5 Å². The van der Waals surface area contributed by atoms with Gasteiger partial charge in [-0.1, -0.05) is 18.2 Å². The number of hydrogen-bond donors (Lipinski definition) is 3. The summed E-state index contributed by atoms with van der Waals surface area (Å²) in [5.41, 5.74) is 9.64. The zero-order chi connectivity index (χ0) is 21.1. The zero-order valence-electron chi connectivity index (χ0n) is 16.1. The number of para-hydroxylation sites is 1. The second-order valence-electron chi connectivity index (χ2n) is 6.47. The maximum atomic E-state index is 11.6. The van der Waals surface area contributed by atoms with Crippen LogP contribution >= 0.6 is 0 Å². The average molecular weight is 398 g/mol. The molecule has 1 aromatic carbocycles. The van der Waals surface area contributed by atoms with Crippen LogP contribution in [0, 0.1) is 5.41 Å². The third-order valence-electron chi connectivity index (χ3n) is 4.54. The van der Waals surface area contributed by atoms with Crippen LogP contribution in [0.3, 0.4) is 0 Å². The lowest BCUT2D eigenvalue weighted by molar-refractivity contribution is 0.0594. The van der Waals surface area contributed by atoms with Gasteiger partial charge in [0.25, 0.3) is 0 Å². The minimum absolute atomic E-state index is 0.200. The predicted molar refractivity (Wildman–Crippen MR) is 115 cm³/mol. The first-order chi connectivity index (χ1) is 14.6. The first kappa shape index (κ1) is 19.0. The number of fused-ring (bicyclic) bond motifs is 1. The summed E-state index contributed by atoms with van der Waals surface area (Å²) < 4.78 is 4.67. The molecule has 3 aromatic rings. The third-order valence-corrected chi connectivity index (χ3v) is 4.54. The Hall–Kier alpha value is -4.33. The lowest BCUT2D eigenvalue weighted by Crippen LogP contribution is -2.26. The quantitative estimate of drug-likeness (QED) is 0.458. The molecule has 3 heterocycles. The maximum Gasteiger partial charge on any atom is 0.356 e. The molecule has 1 aliphatic heterocycles. The van der Waals surface area contributed by atoms with Crippen LogP contribution < -0.4 is 11.1 Å². The van der Waals surface area contributed by atoms with Gasteiger partial charge < -0.3 is 21.2 Å². The summed E-state index contributed by atoms with van der Waals surface area (Å²) in [5, 5.41) is 11.9. The SMILES string of the molecule is COC(=O)c1ccc(C2=N/C(=C(/C=N)c3cnc4ccccc4c3)NC(N)=C2)cn1. The number of aromatic nitrogens is 2. The van der Waals surface area contributed by atoms with E-state index in [1.54, 1.807) is 24.4 Å². The van der Waals surface area contributed by atoms with Crippen molar-refractivity contribution in [2.75, 3.05) is 7.11 Å². The highest BCUT2D eigenvalue weighted by molar-refractivity contribution is 6.14. The summed E-state index contributed by atoms with van der Waals surface area (Å²) in [6.07, 6.45) is 6.11. The molecule has 8 nitrogen and oxygen atoms in total. The lowest BCUT2D eigenvalue weighted by Gasteiger charge is -2.17. The Balaban J connectivity index is 1.77. The molecule has 0 saturated carbocycles. The normalized spacial score (nSPS) is 15.0.